The van der Waals surface area contributed by atoms with Crippen molar-refractivity contribution in [1.82, 2.24) is 0 Å². The highest BCUT2D eigenvalue weighted by Gasteiger charge is 2.47. The molecule has 1 aromatic heterocycles. The number of rotatable bonds is 3. The summed E-state index contributed by atoms with van der Waals surface area (Å²) in [6.45, 7) is 24.2. The summed E-state index contributed by atoms with van der Waals surface area (Å²) in [4.78, 5) is 5.26. The van der Waals surface area contributed by atoms with E-state index in [-0.39, 0.29) is 17.5 Å². The van der Waals surface area contributed by atoms with Crippen LogP contribution in [0.2, 0.25) is 19.6 Å². The molecule has 0 spiro atoms. The Kier molecular flexibility index (Phi) is 7.06. The molecule has 0 saturated carbocycles. The third kappa shape index (κ3) is 4.87. The van der Waals surface area contributed by atoms with E-state index < -0.39 is 8.07 Å². The van der Waals surface area contributed by atoms with Crippen LogP contribution >= 0.6 is 11.3 Å². The van der Waals surface area contributed by atoms with Crippen LogP contribution in [-0.4, -0.2) is 14.8 Å². The normalized spacial score (nSPS) is 16.9. The van der Waals surface area contributed by atoms with Gasteiger partial charge in [-0.1, -0.05) is 81.3 Å². The van der Waals surface area contributed by atoms with Crippen molar-refractivity contribution in [3.63, 3.8) is 0 Å². The minimum atomic E-state index is -1.84. The lowest BCUT2D eigenvalue weighted by Crippen LogP contribution is -2.62. The lowest BCUT2D eigenvalue weighted by atomic mass is 9.36. The summed E-state index contributed by atoms with van der Waals surface area (Å²) in [5.41, 5.74) is 18.0. The van der Waals surface area contributed by atoms with E-state index in [9.17, 15) is 0 Å². The molecule has 0 saturated heterocycles. The first-order chi connectivity index (χ1) is 24.1. The molecule has 5 heteroatoms. The molecule has 5 aromatic carbocycles. The van der Waals surface area contributed by atoms with Crippen LogP contribution in [0.4, 0.5) is 34.1 Å². The quantitative estimate of drug-likeness (QED) is 0.169. The van der Waals surface area contributed by atoms with Crippen molar-refractivity contribution >= 4 is 91.2 Å². The van der Waals surface area contributed by atoms with E-state index in [1.807, 2.05) is 11.3 Å². The van der Waals surface area contributed by atoms with Gasteiger partial charge in [0.25, 0.3) is 6.71 Å². The van der Waals surface area contributed by atoms with Gasteiger partial charge in [-0.05, 0) is 121 Å². The van der Waals surface area contributed by atoms with Crippen LogP contribution in [0.25, 0.3) is 10.1 Å². The second-order valence-electron chi connectivity index (χ2n) is 18.0. The Labute approximate surface area is 310 Å². The Bertz CT molecular complexity index is 2390. The highest BCUT2D eigenvalue weighted by molar-refractivity contribution is 7.33. The van der Waals surface area contributed by atoms with Gasteiger partial charge >= 0.3 is 0 Å². The average molecular weight is 701 g/mol. The maximum atomic E-state index is 2.70. The van der Waals surface area contributed by atoms with Crippen molar-refractivity contribution in [2.75, 3.05) is 9.80 Å². The van der Waals surface area contributed by atoms with E-state index in [2.05, 4.69) is 169 Å². The second-order valence-corrected chi connectivity index (χ2v) is 24.1. The lowest BCUT2D eigenvalue weighted by molar-refractivity contribution is 0.332. The average Bonchev–Trinajstić information content (AvgIpc) is 3.45. The Morgan fingerprint density at radius 3 is 1.78 bits per heavy atom. The van der Waals surface area contributed by atoms with E-state index in [4.69, 9.17) is 0 Å². The topological polar surface area (TPSA) is 6.48 Å². The van der Waals surface area contributed by atoms with Gasteiger partial charge in [0.05, 0.1) is 5.69 Å². The molecule has 0 bridgehead atoms. The van der Waals surface area contributed by atoms with Crippen molar-refractivity contribution in [2.45, 2.75) is 91.8 Å². The zero-order valence-electron chi connectivity index (χ0n) is 32.0. The van der Waals surface area contributed by atoms with E-state index in [0.29, 0.717) is 0 Å². The molecule has 0 N–H and O–H groups in total. The van der Waals surface area contributed by atoms with Gasteiger partial charge in [-0.15, -0.1) is 19.4 Å². The molecule has 0 unspecified atom stereocenters. The number of hydrogen-bond donors (Lipinski definition) is 0. The molecule has 0 amide bonds. The number of thiophene rings is 1. The number of fused-ring (bicyclic) bond motifs is 7. The molecule has 51 heavy (non-hydrogen) atoms. The zero-order chi connectivity index (χ0) is 35.8. The molecule has 0 atom stereocenters. The van der Waals surface area contributed by atoms with Crippen molar-refractivity contribution in [3.8, 4) is 0 Å². The minimum Gasteiger partial charge on any atom is -0.313 e. The van der Waals surface area contributed by atoms with Crippen LogP contribution in [-0.2, 0) is 10.8 Å². The van der Waals surface area contributed by atoms with E-state index in [0.717, 1.165) is 0 Å². The summed E-state index contributed by atoms with van der Waals surface area (Å²) >= 11 is 2.05. The number of benzene rings is 5. The standard InChI is InChI=1S/C46H49BN2SSi/c1-28-11-16-31(17-12-28)48-37-21-22-40(51(8,9)10)43-41(37)47(36-20-15-30(3)25-38(36)48)44-42(49(43)32-18-13-29(2)14-19-32)33-26-34-35(27-39(33)50-44)46(6,7)24-23-45(34,4)5/h11-22,25-27H,23-24H2,1-10H3/q-1. The molecule has 2 nitrogen and oxygen atoms in total. The first-order valence-electron chi connectivity index (χ1n) is 18.8. The van der Waals surface area contributed by atoms with Crippen LogP contribution in [0, 0.1) is 20.8 Å². The second kappa shape index (κ2) is 11.0. The Hall–Kier alpha value is -4.06. The van der Waals surface area contributed by atoms with Gasteiger partial charge in [-0.25, -0.2) is 0 Å². The van der Waals surface area contributed by atoms with Crippen LogP contribution < -0.4 is 30.7 Å². The maximum Gasteiger partial charge on any atom is 0.264 e. The molecule has 0 fully saturated rings. The largest absolute Gasteiger partial charge is 0.313 e. The van der Waals surface area contributed by atoms with Crippen LogP contribution in [0.15, 0.2) is 91.0 Å². The molecule has 6 aromatic rings. The molecular formula is C46H49BN2SSi-. The van der Waals surface area contributed by atoms with E-state index in [1.165, 1.54) is 106 Å². The van der Waals surface area contributed by atoms with E-state index >= 15 is 0 Å². The van der Waals surface area contributed by atoms with Gasteiger partial charge in [-0.2, -0.15) is 24.8 Å². The number of aryl methyl sites for hydroxylation is 3. The molecule has 3 aliphatic rings. The van der Waals surface area contributed by atoms with Crippen LogP contribution in [0.3, 0.4) is 0 Å². The van der Waals surface area contributed by atoms with Gasteiger partial charge in [0, 0.05) is 43.3 Å². The maximum absolute atomic E-state index is 2.70. The van der Waals surface area contributed by atoms with Crippen molar-refractivity contribution in [2.24, 2.45) is 0 Å². The molecule has 9 rings (SSSR count). The smallest absolute Gasteiger partial charge is 0.264 e. The van der Waals surface area contributed by atoms with Gasteiger partial charge in [0.1, 0.15) is 0 Å². The third-order valence-electron chi connectivity index (χ3n) is 12.2. The summed E-state index contributed by atoms with van der Waals surface area (Å²) in [7, 11) is -1.84. The lowest BCUT2D eigenvalue weighted by Gasteiger charge is -2.47. The summed E-state index contributed by atoms with van der Waals surface area (Å²) in [5.74, 6) is 0. The van der Waals surface area contributed by atoms with Gasteiger partial charge in [-0.3, -0.25) is 0 Å². The molecular weight excluding hydrogens is 651 g/mol. The van der Waals surface area contributed by atoms with E-state index in [1.54, 1.807) is 0 Å². The Morgan fingerprint density at radius 2 is 1.18 bits per heavy atom. The predicted molar refractivity (Wildman–Crippen MR) is 228 cm³/mol. The number of nitrogens with zero attached hydrogens (tertiary/aromatic N) is 2. The van der Waals surface area contributed by atoms with Gasteiger partial charge < -0.3 is 9.80 Å². The highest BCUT2D eigenvalue weighted by atomic mass is 32.1. The molecule has 1 aliphatic carbocycles. The number of hydrogen-bond acceptors (Lipinski definition) is 3. The first-order valence-corrected chi connectivity index (χ1v) is 23.1. The molecule has 257 valence electrons. The summed E-state index contributed by atoms with van der Waals surface area (Å²) < 4.78 is 2.89. The fraction of sp³-hybridized carbons (Fsp3) is 0.304. The fourth-order valence-corrected chi connectivity index (χ4v) is 12.1. The first kappa shape index (κ1) is 32.8. The van der Waals surface area contributed by atoms with Gasteiger partial charge in [0.2, 0.25) is 0 Å². The Balaban J connectivity index is 1.45. The molecule has 3 heterocycles. The molecule has 0 radical (unpaired) electrons. The number of anilines is 6. The van der Waals surface area contributed by atoms with Gasteiger partial charge in [0.15, 0.2) is 0 Å². The van der Waals surface area contributed by atoms with Crippen LogP contribution in [0.1, 0.15) is 68.4 Å². The monoisotopic (exact) mass is 700 g/mol. The fourth-order valence-electron chi connectivity index (χ4n) is 9.20. The predicted octanol–water partition coefficient (Wildman–Crippen LogP) is 10.8. The minimum absolute atomic E-state index is 0.134. The molecule has 2 aliphatic heterocycles. The van der Waals surface area contributed by atoms with Crippen LogP contribution in [0.5, 0.6) is 0 Å². The SMILES string of the molecule is Cc1ccc(N2c3cc(C)ccc3B3c4sc5cc6c(cc5c4N(c4ccc(C)cc4)c4c([Si-](C)(C)C)ccc2c43)C(C)(C)CCC6(C)C)cc1. The van der Waals surface area contributed by atoms with Crippen molar-refractivity contribution in [1.29, 1.82) is 0 Å². The van der Waals surface area contributed by atoms with Crippen molar-refractivity contribution in [3.05, 3.63) is 119 Å². The third-order valence-corrected chi connectivity index (χ3v) is 15.5. The summed E-state index contributed by atoms with van der Waals surface area (Å²) in [6.07, 6.45) is 2.43. The summed E-state index contributed by atoms with van der Waals surface area (Å²) in [5, 5.41) is 2.93. The summed E-state index contributed by atoms with van der Waals surface area (Å²) in [6, 6.07) is 35.8. The zero-order valence-corrected chi connectivity index (χ0v) is 33.8. The Morgan fingerprint density at radius 1 is 0.608 bits per heavy atom. The highest BCUT2D eigenvalue weighted by Crippen LogP contribution is 2.52. The van der Waals surface area contributed by atoms with Crippen molar-refractivity contribution < 1.29 is 0 Å².